The lowest BCUT2D eigenvalue weighted by Gasteiger charge is -2.26. The second kappa shape index (κ2) is 18.5. The first-order valence-corrected chi connectivity index (χ1v) is 14.7. The Hall–Kier alpha value is -5.51. The highest BCUT2D eigenvalue weighted by Crippen LogP contribution is 2.11. The third-order valence-electron chi connectivity index (χ3n) is 6.80. The number of phenols is 1. The summed E-state index contributed by atoms with van der Waals surface area (Å²) in [6, 6.07) is 9.75. The zero-order chi connectivity index (χ0) is 35.1. The van der Waals surface area contributed by atoms with Crippen LogP contribution in [0.15, 0.2) is 54.6 Å². The van der Waals surface area contributed by atoms with Crippen molar-refractivity contribution in [3.05, 3.63) is 65.7 Å². The Morgan fingerprint density at radius 3 is 1.87 bits per heavy atom. The summed E-state index contributed by atoms with van der Waals surface area (Å²) in [6.45, 7) is 2.19. The van der Waals surface area contributed by atoms with Crippen molar-refractivity contribution < 1.29 is 43.8 Å². The highest BCUT2D eigenvalue weighted by atomic mass is 16.4. The zero-order valence-corrected chi connectivity index (χ0v) is 26.0. The van der Waals surface area contributed by atoms with E-state index in [1.165, 1.54) is 12.1 Å². The molecule has 0 unspecified atom stereocenters. The number of carbonyl (C=O) groups excluding carboxylic acids is 6. The lowest BCUT2D eigenvalue weighted by Crippen LogP contribution is -2.58. The van der Waals surface area contributed by atoms with Crippen molar-refractivity contribution in [2.45, 2.75) is 57.3 Å². The standard InChI is InChI=1S/C31H41N7O9/c1-17(2)27(30(45)37-23(31(46)47)14-24(33)40)38-29(44)22(13-18-6-4-3-5-7-18)36-26(42)16-34-25(41)15-35-28(43)21(32)12-19-8-10-20(39)11-9-19/h3-11,17,21-23,27,39H,12-16,32H2,1-2H3,(H2,33,40)(H,34,41)(H,35,43)(H,36,42)(H,37,45)(H,38,44)(H,46,47)/t21-,22-,23-,27-/m0/s1. The number of nitrogens with two attached hydrogens (primary N) is 2. The molecular weight excluding hydrogens is 614 g/mol. The number of amides is 6. The maximum atomic E-state index is 13.4. The fraction of sp³-hybridized carbons (Fsp3) is 0.387. The van der Waals surface area contributed by atoms with Crippen LogP contribution in [0.2, 0.25) is 0 Å². The van der Waals surface area contributed by atoms with Gasteiger partial charge in [0.05, 0.1) is 25.6 Å². The van der Waals surface area contributed by atoms with E-state index in [2.05, 4.69) is 26.6 Å². The smallest absolute Gasteiger partial charge is 0.326 e. The van der Waals surface area contributed by atoms with Crippen LogP contribution in [0.4, 0.5) is 0 Å². The van der Waals surface area contributed by atoms with Crippen LogP contribution < -0.4 is 38.1 Å². The second-order valence-electron chi connectivity index (χ2n) is 11.1. The molecule has 16 heteroatoms. The number of nitrogens with one attached hydrogen (secondary N) is 5. The number of aliphatic carboxylic acids is 1. The summed E-state index contributed by atoms with van der Waals surface area (Å²) < 4.78 is 0. The van der Waals surface area contributed by atoms with Gasteiger partial charge in [0.25, 0.3) is 0 Å². The van der Waals surface area contributed by atoms with Gasteiger partial charge in [-0.05, 0) is 35.6 Å². The van der Waals surface area contributed by atoms with Gasteiger partial charge in [-0.2, -0.15) is 0 Å². The fourth-order valence-corrected chi connectivity index (χ4v) is 4.27. The number of carboxylic acids is 1. The van der Waals surface area contributed by atoms with Crippen LogP contribution in [-0.2, 0) is 46.4 Å². The van der Waals surface area contributed by atoms with E-state index in [1.54, 1.807) is 56.3 Å². The predicted octanol–water partition coefficient (Wildman–Crippen LogP) is -2.19. The van der Waals surface area contributed by atoms with Gasteiger partial charge in [0.1, 0.15) is 23.9 Å². The molecule has 0 aliphatic carbocycles. The van der Waals surface area contributed by atoms with Crippen molar-refractivity contribution >= 4 is 41.4 Å². The minimum Gasteiger partial charge on any atom is -0.508 e. The molecule has 2 aromatic rings. The minimum absolute atomic E-state index is 0.00714. The lowest BCUT2D eigenvalue weighted by molar-refractivity contribution is -0.144. The normalized spacial score (nSPS) is 13.3. The molecule has 0 radical (unpaired) electrons. The fourth-order valence-electron chi connectivity index (χ4n) is 4.27. The molecule has 6 amide bonds. The largest absolute Gasteiger partial charge is 0.508 e. The number of aromatic hydroxyl groups is 1. The third-order valence-corrected chi connectivity index (χ3v) is 6.80. The van der Waals surface area contributed by atoms with Crippen molar-refractivity contribution in [3.63, 3.8) is 0 Å². The zero-order valence-electron chi connectivity index (χ0n) is 26.0. The van der Waals surface area contributed by atoms with E-state index in [0.717, 1.165) is 0 Å². The molecule has 0 heterocycles. The summed E-state index contributed by atoms with van der Waals surface area (Å²) in [6.07, 6.45) is -0.490. The highest BCUT2D eigenvalue weighted by molar-refractivity contribution is 5.95. The Bertz CT molecular complexity index is 1420. The van der Waals surface area contributed by atoms with Crippen molar-refractivity contribution in [1.82, 2.24) is 26.6 Å². The molecule has 11 N–H and O–H groups in total. The van der Waals surface area contributed by atoms with Gasteiger partial charge in [0.15, 0.2) is 0 Å². The number of phenolic OH excluding ortho intramolecular Hbond substituents is 1. The molecule has 16 nitrogen and oxygen atoms in total. The van der Waals surface area contributed by atoms with Gasteiger partial charge in [-0.1, -0.05) is 56.3 Å². The van der Waals surface area contributed by atoms with Crippen LogP contribution in [-0.4, -0.2) is 88.9 Å². The van der Waals surface area contributed by atoms with Crippen LogP contribution in [0.1, 0.15) is 31.4 Å². The first-order chi connectivity index (χ1) is 22.2. The van der Waals surface area contributed by atoms with E-state index in [4.69, 9.17) is 11.5 Å². The Kier molecular flexibility index (Phi) is 14.8. The number of primary amides is 1. The molecule has 0 spiro atoms. The Morgan fingerprint density at radius 1 is 0.702 bits per heavy atom. The van der Waals surface area contributed by atoms with Crippen molar-refractivity contribution in [2.24, 2.45) is 17.4 Å². The van der Waals surface area contributed by atoms with Gasteiger partial charge in [0.2, 0.25) is 35.4 Å². The van der Waals surface area contributed by atoms with E-state index in [1.807, 2.05) is 0 Å². The van der Waals surface area contributed by atoms with Gasteiger partial charge >= 0.3 is 5.97 Å². The molecule has 0 saturated carbocycles. The number of carbonyl (C=O) groups is 7. The molecule has 0 aliphatic heterocycles. The van der Waals surface area contributed by atoms with Crippen LogP contribution in [0.5, 0.6) is 5.75 Å². The molecule has 0 fully saturated rings. The lowest BCUT2D eigenvalue weighted by atomic mass is 10.0. The van der Waals surface area contributed by atoms with Gasteiger partial charge < -0.3 is 48.3 Å². The molecule has 0 saturated heterocycles. The van der Waals surface area contributed by atoms with Gasteiger partial charge in [-0.25, -0.2) is 4.79 Å². The number of hydrogen-bond donors (Lipinski definition) is 9. The average molecular weight is 656 g/mol. The summed E-state index contributed by atoms with van der Waals surface area (Å²) in [5, 5.41) is 30.7. The summed E-state index contributed by atoms with van der Waals surface area (Å²) in [5.41, 5.74) is 12.3. The van der Waals surface area contributed by atoms with Gasteiger partial charge in [-0.3, -0.25) is 28.8 Å². The number of hydrogen-bond acceptors (Lipinski definition) is 9. The first-order valence-electron chi connectivity index (χ1n) is 14.7. The maximum Gasteiger partial charge on any atom is 0.326 e. The summed E-state index contributed by atoms with van der Waals surface area (Å²) in [4.78, 5) is 86.4. The van der Waals surface area contributed by atoms with E-state index in [-0.39, 0.29) is 18.6 Å². The molecular formula is C31H41N7O9. The molecule has 254 valence electrons. The van der Waals surface area contributed by atoms with Gasteiger partial charge in [0, 0.05) is 6.42 Å². The Morgan fingerprint density at radius 2 is 1.30 bits per heavy atom. The molecule has 0 aromatic heterocycles. The predicted molar refractivity (Wildman–Crippen MR) is 168 cm³/mol. The molecule has 0 aliphatic rings. The Labute approximate surface area is 271 Å². The van der Waals surface area contributed by atoms with Crippen LogP contribution >= 0.6 is 0 Å². The van der Waals surface area contributed by atoms with E-state index < -0.39 is 91.0 Å². The molecule has 4 atom stereocenters. The quantitative estimate of drug-likeness (QED) is 0.0836. The highest BCUT2D eigenvalue weighted by Gasteiger charge is 2.32. The number of carboxylic acid groups (broad SMARTS) is 1. The van der Waals surface area contributed by atoms with Crippen molar-refractivity contribution in [2.75, 3.05) is 13.1 Å². The van der Waals surface area contributed by atoms with E-state index in [0.29, 0.717) is 11.1 Å². The third kappa shape index (κ3) is 13.6. The van der Waals surface area contributed by atoms with E-state index in [9.17, 15) is 43.8 Å². The summed E-state index contributed by atoms with van der Waals surface area (Å²) in [7, 11) is 0. The van der Waals surface area contributed by atoms with Crippen molar-refractivity contribution in [3.8, 4) is 5.75 Å². The summed E-state index contributed by atoms with van der Waals surface area (Å²) in [5.74, 6) is -6.59. The van der Waals surface area contributed by atoms with E-state index >= 15 is 0 Å². The minimum atomic E-state index is -1.61. The molecule has 2 rings (SSSR count). The average Bonchev–Trinajstić information content (AvgIpc) is 3.01. The van der Waals surface area contributed by atoms with Crippen LogP contribution in [0.3, 0.4) is 0 Å². The summed E-state index contributed by atoms with van der Waals surface area (Å²) >= 11 is 0. The number of benzene rings is 2. The molecule has 0 bridgehead atoms. The van der Waals surface area contributed by atoms with Gasteiger partial charge in [-0.15, -0.1) is 0 Å². The van der Waals surface area contributed by atoms with Crippen LogP contribution in [0, 0.1) is 5.92 Å². The van der Waals surface area contributed by atoms with Crippen LogP contribution in [0.25, 0.3) is 0 Å². The first kappa shape index (κ1) is 37.7. The molecule has 2 aromatic carbocycles. The SMILES string of the molecule is CC(C)[C@H](NC(=O)[C@H](Cc1ccccc1)NC(=O)CNC(=O)CNC(=O)[C@@H](N)Cc1ccc(O)cc1)C(=O)N[C@@H](CC(N)=O)C(=O)O. The topological polar surface area (TPSA) is 272 Å². The number of rotatable bonds is 18. The molecule has 47 heavy (non-hydrogen) atoms. The van der Waals surface area contributed by atoms with Crippen molar-refractivity contribution in [1.29, 1.82) is 0 Å². The monoisotopic (exact) mass is 655 g/mol. The second-order valence-corrected chi connectivity index (χ2v) is 11.1. The Balaban J connectivity index is 1.99. The maximum absolute atomic E-state index is 13.4.